The molecule has 0 unspecified atom stereocenters. The molecule has 0 fully saturated rings. The Balaban J connectivity index is 2.09. The maximum atomic E-state index is 13.2. The lowest BCUT2D eigenvalue weighted by Crippen LogP contribution is -2.35. The minimum absolute atomic E-state index is 0.0743. The number of rotatable bonds is 6. The van der Waals surface area contributed by atoms with Gasteiger partial charge >= 0.3 is 6.18 Å². The normalized spacial score (nSPS) is 11.1. The van der Waals surface area contributed by atoms with E-state index in [4.69, 9.17) is 0 Å². The molecule has 0 bridgehead atoms. The van der Waals surface area contributed by atoms with E-state index in [-0.39, 0.29) is 24.6 Å². The molecule has 7 heteroatoms. The molecular formula is C20H21F3N2O2. The number of hydrogen-bond acceptors (Lipinski definition) is 2. The van der Waals surface area contributed by atoms with Crippen molar-refractivity contribution in [2.45, 2.75) is 26.1 Å². The van der Waals surface area contributed by atoms with Gasteiger partial charge in [0.1, 0.15) is 0 Å². The highest BCUT2D eigenvalue weighted by Gasteiger charge is 2.35. The Morgan fingerprint density at radius 2 is 1.56 bits per heavy atom. The number of amides is 2. The van der Waals surface area contributed by atoms with Gasteiger partial charge in [0.25, 0.3) is 0 Å². The first-order valence-corrected chi connectivity index (χ1v) is 8.42. The Hall–Kier alpha value is -2.83. The minimum Gasteiger partial charge on any atom is -0.341 e. The first kappa shape index (κ1) is 20.5. The van der Waals surface area contributed by atoms with Crippen molar-refractivity contribution in [2.24, 2.45) is 0 Å². The fourth-order valence-corrected chi connectivity index (χ4v) is 2.74. The molecule has 144 valence electrons. The van der Waals surface area contributed by atoms with E-state index in [1.807, 2.05) is 30.3 Å². The third-order valence-electron chi connectivity index (χ3n) is 4.12. The third-order valence-corrected chi connectivity index (χ3v) is 4.12. The van der Waals surface area contributed by atoms with Gasteiger partial charge in [-0.15, -0.1) is 0 Å². The van der Waals surface area contributed by atoms with Crippen molar-refractivity contribution in [2.75, 3.05) is 18.5 Å². The van der Waals surface area contributed by atoms with Gasteiger partial charge in [0.05, 0.1) is 11.3 Å². The minimum atomic E-state index is -4.58. The van der Waals surface area contributed by atoms with Crippen LogP contribution in [0.15, 0.2) is 54.6 Å². The Morgan fingerprint density at radius 1 is 0.963 bits per heavy atom. The summed E-state index contributed by atoms with van der Waals surface area (Å²) in [6.45, 7) is 1.45. The van der Waals surface area contributed by atoms with E-state index in [0.717, 1.165) is 16.5 Å². The summed E-state index contributed by atoms with van der Waals surface area (Å²) in [5.41, 5.74) is -0.194. The fourth-order valence-electron chi connectivity index (χ4n) is 2.74. The Morgan fingerprint density at radius 3 is 2.15 bits per heavy atom. The number of para-hydroxylation sites is 1. The largest absolute Gasteiger partial charge is 0.418 e. The maximum absolute atomic E-state index is 13.2. The molecule has 0 radical (unpaired) electrons. The smallest absolute Gasteiger partial charge is 0.341 e. The average Bonchev–Trinajstić information content (AvgIpc) is 2.61. The number of alkyl halides is 3. The number of carbonyl (C=O) groups excluding carboxylic acids is 2. The van der Waals surface area contributed by atoms with Crippen molar-refractivity contribution in [3.8, 4) is 0 Å². The summed E-state index contributed by atoms with van der Waals surface area (Å²) in [7, 11) is 1.62. The van der Waals surface area contributed by atoms with Crippen LogP contribution in [-0.2, 0) is 22.3 Å². The molecular weight excluding hydrogens is 357 g/mol. The van der Waals surface area contributed by atoms with Crippen molar-refractivity contribution in [1.29, 1.82) is 0 Å². The highest BCUT2D eigenvalue weighted by Crippen LogP contribution is 2.36. The topological polar surface area (TPSA) is 40.6 Å². The summed E-state index contributed by atoms with van der Waals surface area (Å²) in [4.78, 5) is 26.8. The lowest BCUT2D eigenvalue weighted by Gasteiger charge is -2.26. The maximum Gasteiger partial charge on any atom is 0.418 e. The van der Waals surface area contributed by atoms with Crippen LogP contribution in [0.1, 0.15) is 24.5 Å². The molecule has 2 rings (SSSR count). The quantitative estimate of drug-likeness (QED) is 0.759. The molecule has 0 saturated heterocycles. The Kier molecular flexibility index (Phi) is 6.60. The van der Waals surface area contributed by atoms with E-state index >= 15 is 0 Å². The molecule has 27 heavy (non-hydrogen) atoms. The second kappa shape index (κ2) is 8.70. The summed E-state index contributed by atoms with van der Waals surface area (Å²) in [5, 5.41) is 0. The summed E-state index contributed by atoms with van der Waals surface area (Å²) in [6.07, 6.45) is -4.66. The van der Waals surface area contributed by atoms with E-state index in [0.29, 0.717) is 6.54 Å². The summed E-state index contributed by atoms with van der Waals surface area (Å²) < 4.78 is 39.7. The van der Waals surface area contributed by atoms with Crippen LogP contribution in [-0.4, -0.2) is 30.3 Å². The zero-order valence-corrected chi connectivity index (χ0v) is 15.2. The first-order chi connectivity index (χ1) is 12.7. The van der Waals surface area contributed by atoms with Gasteiger partial charge in [-0.1, -0.05) is 42.5 Å². The molecule has 4 nitrogen and oxygen atoms in total. The van der Waals surface area contributed by atoms with Crippen molar-refractivity contribution in [3.05, 3.63) is 65.7 Å². The Bertz CT molecular complexity index is 791. The van der Waals surface area contributed by atoms with Crippen molar-refractivity contribution < 1.29 is 22.8 Å². The standard InChI is InChI=1S/C20H21F3N2O2/c1-15(26)25(18-11-7-6-10-17(18)20(21,22)23)13-12-19(27)24(2)14-16-8-4-3-5-9-16/h3-11H,12-14H2,1-2H3. The molecule has 2 amide bonds. The monoisotopic (exact) mass is 378 g/mol. The van der Waals surface area contributed by atoms with E-state index in [1.54, 1.807) is 7.05 Å². The number of hydrogen-bond donors (Lipinski definition) is 0. The molecule has 0 spiro atoms. The lowest BCUT2D eigenvalue weighted by molar-refractivity contribution is -0.137. The molecule has 0 N–H and O–H groups in total. The molecule has 0 aliphatic heterocycles. The number of carbonyl (C=O) groups is 2. The molecule has 0 aliphatic rings. The SMILES string of the molecule is CC(=O)N(CCC(=O)N(C)Cc1ccccc1)c1ccccc1C(F)(F)F. The summed E-state index contributed by atoms with van der Waals surface area (Å²) in [5.74, 6) is -0.806. The molecule has 0 saturated carbocycles. The van der Waals surface area contributed by atoms with Crippen LogP contribution < -0.4 is 4.90 Å². The zero-order valence-electron chi connectivity index (χ0n) is 15.2. The van der Waals surface area contributed by atoms with Crippen LogP contribution in [0, 0.1) is 0 Å². The van der Waals surface area contributed by atoms with Gasteiger partial charge < -0.3 is 9.80 Å². The van der Waals surface area contributed by atoms with Gasteiger partial charge in [-0.2, -0.15) is 13.2 Å². The number of benzene rings is 2. The summed E-state index contributed by atoms with van der Waals surface area (Å²) >= 11 is 0. The third kappa shape index (κ3) is 5.57. The van der Waals surface area contributed by atoms with Crippen LogP contribution in [0.25, 0.3) is 0 Å². The average molecular weight is 378 g/mol. The fraction of sp³-hybridized carbons (Fsp3) is 0.300. The van der Waals surface area contributed by atoms with Crippen molar-refractivity contribution in [1.82, 2.24) is 4.90 Å². The highest BCUT2D eigenvalue weighted by atomic mass is 19.4. The molecule has 2 aromatic carbocycles. The predicted octanol–water partition coefficient (Wildman–Crippen LogP) is 4.11. The first-order valence-electron chi connectivity index (χ1n) is 8.42. The number of nitrogens with zero attached hydrogens (tertiary/aromatic N) is 2. The van der Waals surface area contributed by atoms with Crippen LogP contribution in [0.3, 0.4) is 0 Å². The zero-order chi connectivity index (χ0) is 20.0. The van der Waals surface area contributed by atoms with Crippen LogP contribution >= 0.6 is 0 Å². The van der Waals surface area contributed by atoms with Gasteiger partial charge in [0, 0.05) is 33.5 Å². The van der Waals surface area contributed by atoms with E-state index in [1.165, 1.54) is 30.0 Å². The number of anilines is 1. The van der Waals surface area contributed by atoms with Gasteiger partial charge in [-0.3, -0.25) is 9.59 Å². The van der Waals surface area contributed by atoms with Crippen molar-refractivity contribution >= 4 is 17.5 Å². The van der Waals surface area contributed by atoms with E-state index in [2.05, 4.69) is 0 Å². The Labute approximate surface area is 156 Å². The molecule has 0 aromatic heterocycles. The molecule has 0 atom stereocenters. The van der Waals surface area contributed by atoms with Crippen LogP contribution in [0.2, 0.25) is 0 Å². The van der Waals surface area contributed by atoms with Crippen LogP contribution in [0.4, 0.5) is 18.9 Å². The van der Waals surface area contributed by atoms with Gasteiger partial charge in [-0.25, -0.2) is 0 Å². The van der Waals surface area contributed by atoms with Crippen LogP contribution in [0.5, 0.6) is 0 Å². The lowest BCUT2D eigenvalue weighted by atomic mass is 10.1. The second-order valence-electron chi connectivity index (χ2n) is 6.17. The van der Waals surface area contributed by atoms with Gasteiger partial charge in [0.2, 0.25) is 11.8 Å². The summed E-state index contributed by atoms with van der Waals surface area (Å²) in [6, 6.07) is 14.2. The predicted molar refractivity (Wildman–Crippen MR) is 97.0 cm³/mol. The van der Waals surface area contributed by atoms with Gasteiger partial charge in [-0.05, 0) is 17.7 Å². The molecule has 2 aromatic rings. The van der Waals surface area contributed by atoms with Crippen molar-refractivity contribution in [3.63, 3.8) is 0 Å². The van der Waals surface area contributed by atoms with Gasteiger partial charge in [0.15, 0.2) is 0 Å². The highest BCUT2D eigenvalue weighted by molar-refractivity contribution is 5.93. The van der Waals surface area contributed by atoms with E-state index in [9.17, 15) is 22.8 Å². The molecule has 0 aliphatic carbocycles. The number of halogens is 3. The van der Waals surface area contributed by atoms with E-state index < -0.39 is 17.6 Å². The molecule has 0 heterocycles. The second-order valence-corrected chi connectivity index (χ2v) is 6.17.